The first kappa shape index (κ1) is 21.5. The largest absolute Gasteiger partial charge is 0.367 e. The van der Waals surface area contributed by atoms with Crippen LogP contribution in [-0.2, 0) is 22.2 Å². The highest BCUT2D eigenvalue weighted by Crippen LogP contribution is 2.46. The Morgan fingerprint density at radius 1 is 1.03 bits per heavy atom. The molecule has 1 saturated heterocycles. The maximum Gasteiger partial charge on any atom is 0.220 e. The molecule has 4 nitrogen and oxygen atoms in total. The molecule has 1 aliphatic carbocycles. The molecule has 0 radical (unpaired) electrons. The third kappa shape index (κ3) is 3.53. The fraction of sp³-hybridized carbons (Fsp3) is 0.536. The number of fused-ring (bicyclic) bond motifs is 2. The Morgan fingerprint density at radius 2 is 1.72 bits per heavy atom. The van der Waals surface area contributed by atoms with Crippen molar-refractivity contribution in [1.82, 2.24) is 10.2 Å². The van der Waals surface area contributed by atoms with Gasteiger partial charge in [-0.1, -0.05) is 49.4 Å². The minimum absolute atomic E-state index is 0.123. The molecule has 1 amide bonds. The number of rotatable bonds is 4. The Bertz CT molecular complexity index is 996. The van der Waals surface area contributed by atoms with Crippen molar-refractivity contribution in [2.75, 3.05) is 31.6 Å². The summed E-state index contributed by atoms with van der Waals surface area (Å²) in [7, 11) is 1.74. The van der Waals surface area contributed by atoms with Crippen molar-refractivity contribution in [3.05, 3.63) is 65.2 Å². The van der Waals surface area contributed by atoms with E-state index < -0.39 is 0 Å². The summed E-state index contributed by atoms with van der Waals surface area (Å²) in [4.78, 5) is 17.7. The number of benzene rings is 2. The number of hydrogen-bond acceptors (Lipinski definition) is 3. The van der Waals surface area contributed by atoms with Gasteiger partial charge in [-0.2, -0.15) is 0 Å². The lowest BCUT2D eigenvalue weighted by molar-refractivity contribution is -0.121. The van der Waals surface area contributed by atoms with Gasteiger partial charge < -0.3 is 10.2 Å². The zero-order valence-corrected chi connectivity index (χ0v) is 19.9. The molecule has 0 saturated carbocycles. The van der Waals surface area contributed by atoms with Crippen LogP contribution in [0.15, 0.2) is 48.5 Å². The number of carbonyl (C=O) groups excluding carboxylic acids is 1. The Balaban J connectivity index is 1.34. The van der Waals surface area contributed by atoms with Gasteiger partial charge in [0.1, 0.15) is 0 Å². The van der Waals surface area contributed by atoms with E-state index in [1.807, 2.05) is 0 Å². The van der Waals surface area contributed by atoms with Crippen LogP contribution >= 0.6 is 0 Å². The highest BCUT2D eigenvalue weighted by molar-refractivity contribution is 5.79. The topological polar surface area (TPSA) is 35.6 Å². The molecule has 4 heteroatoms. The minimum atomic E-state index is -0.123. The number of para-hydroxylation sites is 1. The predicted molar refractivity (Wildman–Crippen MR) is 131 cm³/mol. The number of aryl methyl sites for hydroxylation is 1. The number of nitrogens with zero attached hydrogens (tertiary/aromatic N) is 2. The lowest BCUT2D eigenvalue weighted by atomic mass is 9.75. The van der Waals surface area contributed by atoms with Gasteiger partial charge in [0.05, 0.1) is 0 Å². The lowest BCUT2D eigenvalue weighted by Crippen LogP contribution is -2.53. The second-order valence-corrected chi connectivity index (χ2v) is 10.6. The van der Waals surface area contributed by atoms with Gasteiger partial charge in [0.15, 0.2) is 0 Å². The Hall–Kier alpha value is -2.33. The van der Waals surface area contributed by atoms with E-state index >= 15 is 0 Å². The average molecular weight is 432 g/mol. The Labute approximate surface area is 193 Å². The van der Waals surface area contributed by atoms with Crippen LogP contribution in [0.25, 0.3) is 0 Å². The van der Waals surface area contributed by atoms with E-state index in [0.29, 0.717) is 12.5 Å². The van der Waals surface area contributed by atoms with Crippen molar-refractivity contribution in [3.63, 3.8) is 0 Å². The van der Waals surface area contributed by atoms with E-state index in [-0.39, 0.29) is 16.9 Å². The first-order valence-electron chi connectivity index (χ1n) is 12.3. The highest BCUT2D eigenvalue weighted by Gasteiger charge is 2.44. The number of anilines is 1. The van der Waals surface area contributed by atoms with Gasteiger partial charge in [0.2, 0.25) is 5.91 Å². The molecule has 0 aromatic heterocycles. The van der Waals surface area contributed by atoms with Gasteiger partial charge >= 0.3 is 0 Å². The van der Waals surface area contributed by atoms with Gasteiger partial charge in [-0.15, -0.1) is 0 Å². The lowest BCUT2D eigenvalue weighted by Gasteiger charge is -2.49. The smallest absolute Gasteiger partial charge is 0.220 e. The molecule has 32 heavy (non-hydrogen) atoms. The summed E-state index contributed by atoms with van der Waals surface area (Å²) in [5, 5.41) is 2.83. The molecule has 2 heterocycles. The molecular weight excluding hydrogens is 394 g/mol. The third-order valence-corrected chi connectivity index (χ3v) is 8.52. The molecule has 0 spiro atoms. The molecule has 2 aliphatic heterocycles. The molecule has 0 unspecified atom stereocenters. The van der Waals surface area contributed by atoms with E-state index in [9.17, 15) is 4.79 Å². The van der Waals surface area contributed by atoms with Crippen molar-refractivity contribution < 1.29 is 4.79 Å². The van der Waals surface area contributed by atoms with Gasteiger partial charge in [0.25, 0.3) is 0 Å². The summed E-state index contributed by atoms with van der Waals surface area (Å²) in [5.41, 5.74) is 5.81. The summed E-state index contributed by atoms with van der Waals surface area (Å²) in [5.74, 6) is 0.128. The molecule has 1 fully saturated rings. The number of nitrogens with one attached hydrogen (secondary N) is 1. The molecule has 3 aliphatic rings. The number of amides is 1. The summed E-state index contributed by atoms with van der Waals surface area (Å²) < 4.78 is 0. The molecule has 2 aromatic carbocycles. The summed E-state index contributed by atoms with van der Waals surface area (Å²) in [6.07, 6.45) is 6.67. The van der Waals surface area contributed by atoms with Crippen LogP contribution < -0.4 is 10.2 Å². The first-order valence-corrected chi connectivity index (χ1v) is 12.3. The summed E-state index contributed by atoms with van der Waals surface area (Å²) in [6.45, 7) is 7.94. The molecule has 0 bridgehead atoms. The average Bonchev–Trinajstić information content (AvgIpc) is 3.12. The van der Waals surface area contributed by atoms with Crippen LogP contribution in [0.2, 0.25) is 0 Å². The monoisotopic (exact) mass is 431 g/mol. The second-order valence-electron chi connectivity index (χ2n) is 10.6. The van der Waals surface area contributed by atoms with E-state index in [4.69, 9.17) is 0 Å². The van der Waals surface area contributed by atoms with Crippen LogP contribution in [0.5, 0.6) is 0 Å². The fourth-order valence-corrected chi connectivity index (χ4v) is 6.72. The van der Waals surface area contributed by atoms with Crippen LogP contribution in [-0.4, -0.2) is 43.5 Å². The molecule has 170 valence electrons. The third-order valence-electron chi connectivity index (χ3n) is 8.52. The van der Waals surface area contributed by atoms with Crippen molar-refractivity contribution >= 4 is 11.6 Å². The van der Waals surface area contributed by atoms with Crippen molar-refractivity contribution in [3.8, 4) is 0 Å². The van der Waals surface area contributed by atoms with E-state index in [1.54, 1.807) is 18.2 Å². The van der Waals surface area contributed by atoms with Crippen molar-refractivity contribution in [2.45, 2.75) is 69.4 Å². The van der Waals surface area contributed by atoms with Crippen molar-refractivity contribution in [1.29, 1.82) is 0 Å². The standard InChI is InChI=1S/C28H37N3O/c1-27(19-26(32)29-3)20-31(25-13-7-6-12-24(25)27)22-14-17-30(18-15-22)28(2)16-8-10-21-9-4-5-11-23(21)28/h4-7,9,11-13,22H,8,10,14-20H2,1-3H3,(H,29,32)/t27-,28+/m1/s1. The second kappa shape index (κ2) is 8.22. The number of carbonyl (C=O) groups is 1. The SMILES string of the molecule is CNC(=O)C[C@]1(C)CN(C2CCN([C@@]3(C)CCCc4ccccc43)CC2)c2ccccc21. The van der Waals surface area contributed by atoms with E-state index in [0.717, 1.165) is 19.6 Å². The number of hydrogen-bond donors (Lipinski definition) is 1. The highest BCUT2D eigenvalue weighted by atomic mass is 16.1. The molecule has 2 atom stereocenters. The van der Waals surface area contributed by atoms with Gasteiger partial charge in [-0.05, 0) is 61.8 Å². The fourth-order valence-electron chi connectivity index (χ4n) is 6.72. The molecular formula is C28H37N3O. The van der Waals surface area contributed by atoms with Crippen LogP contribution in [0.3, 0.4) is 0 Å². The maximum atomic E-state index is 12.3. The Kier molecular flexibility index (Phi) is 5.53. The van der Waals surface area contributed by atoms with Gasteiger partial charge in [-0.25, -0.2) is 0 Å². The van der Waals surface area contributed by atoms with Crippen molar-refractivity contribution in [2.24, 2.45) is 0 Å². The Morgan fingerprint density at radius 3 is 2.47 bits per heavy atom. The predicted octanol–water partition coefficient (Wildman–Crippen LogP) is 4.62. The van der Waals surface area contributed by atoms with Gasteiger partial charge in [-0.3, -0.25) is 9.69 Å². The minimum Gasteiger partial charge on any atom is -0.367 e. The molecule has 2 aromatic rings. The normalized spacial score (nSPS) is 28.3. The first-order chi connectivity index (χ1) is 15.4. The number of likely N-dealkylation sites (tertiary alicyclic amines) is 1. The van der Waals surface area contributed by atoms with Crippen LogP contribution in [0.4, 0.5) is 5.69 Å². The quantitative estimate of drug-likeness (QED) is 0.767. The maximum absolute atomic E-state index is 12.3. The van der Waals surface area contributed by atoms with E-state index in [2.05, 4.69) is 77.5 Å². The summed E-state index contributed by atoms with van der Waals surface area (Å²) in [6, 6.07) is 18.4. The van der Waals surface area contributed by atoms with Crippen LogP contribution in [0.1, 0.15) is 62.6 Å². The molecule has 5 rings (SSSR count). The zero-order chi connectivity index (χ0) is 22.3. The number of piperidine rings is 1. The van der Waals surface area contributed by atoms with Gasteiger partial charge in [0, 0.05) is 55.8 Å². The molecule has 1 N–H and O–H groups in total. The van der Waals surface area contributed by atoms with Crippen LogP contribution in [0, 0.1) is 0 Å². The van der Waals surface area contributed by atoms with E-state index in [1.165, 1.54) is 43.4 Å². The zero-order valence-electron chi connectivity index (χ0n) is 19.9. The summed E-state index contributed by atoms with van der Waals surface area (Å²) >= 11 is 0.